The summed E-state index contributed by atoms with van der Waals surface area (Å²) < 4.78 is 12.1. The number of ether oxygens (including phenoxy) is 2. The summed E-state index contributed by atoms with van der Waals surface area (Å²) >= 11 is 0. The van der Waals surface area contributed by atoms with E-state index in [9.17, 15) is 4.79 Å². The Morgan fingerprint density at radius 3 is 2.24 bits per heavy atom. The van der Waals surface area contributed by atoms with Crippen molar-refractivity contribution >= 4 is 11.6 Å². The van der Waals surface area contributed by atoms with Crippen molar-refractivity contribution in [2.75, 3.05) is 19.5 Å². The first-order chi connectivity index (χ1) is 12.1. The maximum absolute atomic E-state index is 12.5. The molecule has 0 saturated carbocycles. The monoisotopic (exact) mass is 339 g/mol. The molecule has 3 rings (SSSR count). The highest BCUT2D eigenvalue weighted by molar-refractivity contribution is 6.05. The van der Waals surface area contributed by atoms with E-state index < -0.39 is 0 Å². The second kappa shape index (κ2) is 7.00. The summed E-state index contributed by atoms with van der Waals surface area (Å²) in [6, 6.07) is 10.5. The fourth-order valence-electron chi connectivity index (χ4n) is 2.40. The highest BCUT2D eigenvalue weighted by atomic mass is 16.5. The largest absolute Gasteiger partial charge is 0.496 e. The second-order valence-electron chi connectivity index (χ2n) is 5.26. The Kier molecular flexibility index (Phi) is 4.60. The van der Waals surface area contributed by atoms with Crippen molar-refractivity contribution in [1.82, 2.24) is 20.2 Å². The van der Waals surface area contributed by atoms with Gasteiger partial charge in [-0.2, -0.15) is 0 Å². The van der Waals surface area contributed by atoms with Crippen molar-refractivity contribution in [2.24, 2.45) is 0 Å². The highest BCUT2D eigenvalue weighted by Gasteiger charge is 2.14. The minimum atomic E-state index is -0.258. The molecule has 0 spiro atoms. The van der Waals surface area contributed by atoms with Crippen molar-refractivity contribution in [2.45, 2.75) is 6.92 Å². The molecule has 1 N–H and O–H groups in total. The van der Waals surface area contributed by atoms with Gasteiger partial charge in [0.2, 0.25) is 0 Å². The first kappa shape index (κ1) is 16.4. The minimum Gasteiger partial charge on any atom is -0.496 e. The van der Waals surface area contributed by atoms with Crippen molar-refractivity contribution in [3.63, 3.8) is 0 Å². The molecule has 1 heterocycles. The summed E-state index contributed by atoms with van der Waals surface area (Å²) in [5, 5.41) is 13.8. The van der Waals surface area contributed by atoms with E-state index in [0.29, 0.717) is 22.7 Å². The lowest BCUT2D eigenvalue weighted by Gasteiger charge is -2.13. The predicted molar refractivity (Wildman–Crippen MR) is 91.4 cm³/mol. The fourth-order valence-corrected chi connectivity index (χ4v) is 2.40. The molecule has 0 unspecified atom stereocenters. The predicted octanol–water partition coefficient (Wildman–Crippen LogP) is 2.24. The van der Waals surface area contributed by atoms with Crippen LogP contribution in [0.5, 0.6) is 11.5 Å². The SMILES string of the molecule is COc1cc(C(=O)Nc2ccc(-n3cnnn3)cc2)cc(OC)c1C. The molecule has 0 bridgehead atoms. The van der Waals surface area contributed by atoms with Crippen LogP contribution >= 0.6 is 0 Å². The molecule has 0 aliphatic heterocycles. The van der Waals surface area contributed by atoms with Gasteiger partial charge >= 0.3 is 0 Å². The van der Waals surface area contributed by atoms with Crippen LogP contribution in [0.1, 0.15) is 15.9 Å². The zero-order chi connectivity index (χ0) is 17.8. The normalized spacial score (nSPS) is 10.4. The number of amides is 1. The number of benzene rings is 2. The number of aromatic nitrogens is 4. The first-order valence-electron chi connectivity index (χ1n) is 7.49. The lowest BCUT2D eigenvalue weighted by Crippen LogP contribution is -2.12. The number of rotatable bonds is 5. The molecule has 8 nitrogen and oxygen atoms in total. The van der Waals surface area contributed by atoms with Gasteiger partial charge < -0.3 is 14.8 Å². The van der Waals surface area contributed by atoms with Crippen LogP contribution in [0.3, 0.4) is 0 Å². The summed E-state index contributed by atoms with van der Waals surface area (Å²) in [6.45, 7) is 1.87. The van der Waals surface area contributed by atoms with Gasteiger partial charge in [0.1, 0.15) is 17.8 Å². The Bertz CT molecular complexity index is 851. The van der Waals surface area contributed by atoms with Crippen LogP contribution in [0.25, 0.3) is 5.69 Å². The third kappa shape index (κ3) is 3.42. The molecule has 128 valence electrons. The first-order valence-corrected chi connectivity index (χ1v) is 7.49. The molecule has 0 atom stereocenters. The van der Waals surface area contributed by atoms with Crippen LogP contribution in [-0.2, 0) is 0 Å². The third-order valence-electron chi connectivity index (χ3n) is 3.75. The molecule has 0 aliphatic rings. The van der Waals surface area contributed by atoms with E-state index in [0.717, 1.165) is 11.3 Å². The Morgan fingerprint density at radius 1 is 1.08 bits per heavy atom. The molecule has 1 amide bonds. The smallest absolute Gasteiger partial charge is 0.255 e. The van der Waals surface area contributed by atoms with Crippen LogP contribution < -0.4 is 14.8 Å². The number of nitrogens with one attached hydrogen (secondary N) is 1. The number of methoxy groups -OCH3 is 2. The zero-order valence-electron chi connectivity index (χ0n) is 14.1. The molecule has 2 aromatic carbocycles. The van der Waals surface area contributed by atoms with Gasteiger partial charge in [-0.15, -0.1) is 5.10 Å². The van der Waals surface area contributed by atoms with Crippen molar-refractivity contribution in [3.05, 3.63) is 53.9 Å². The molecule has 25 heavy (non-hydrogen) atoms. The minimum absolute atomic E-state index is 0.258. The van der Waals surface area contributed by atoms with Crippen LogP contribution in [0.4, 0.5) is 5.69 Å². The standard InChI is InChI=1S/C17H17N5O3/c1-11-15(24-2)8-12(9-16(11)25-3)17(23)19-13-4-6-14(7-5-13)22-10-18-20-21-22/h4-10H,1-3H3,(H,19,23). The summed E-state index contributed by atoms with van der Waals surface area (Å²) in [6.07, 6.45) is 1.50. The van der Waals surface area contributed by atoms with E-state index in [-0.39, 0.29) is 5.91 Å². The molecular formula is C17H17N5O3. The van der Waals surface area contributed by atoms with Gasteiger partial charge in [-0.1, -0.05) is 0 Å². The maximum Gasteiger partial charge on any atom is 0.255 e. The van der Waals surface area contributed by atoms with E-state index in [2.05, 4.69) is 20.8 Å². The molecule has 3 aromatic rings. The molecule has 8 heteroatoms. The van der Waals surface area contributed by atoms with Crippen molar-refractivity contribution in [1.29, 1.82) is 0 Å². The van der Waals surface area contributed by atoms with Crippen LogP contribution in [0.15, 0.2) is 42.7 Å². The molecule has 1 aromatic heterocycles. The van der Waals surface area contributed by atoms with Gasteiger partial charge in [0.15, 0.2) is 0 Å². The number of hydrogen-bond acceptors (Lipinski definition) is 6. The number of anilines is 1. The summed E-state index contributed by atoms with van der Waals surface area (Å²) in [4.78, 5) is 12.5. The van der Waals surface area contributed by atoms with Gasteiger partial charge in [0.05, 0.1) is 19.9 Å². The van der Waals surface area contributed by atoms with Crippen LogP contribution in [0, 0.1) is 6.92 Å². The number of carbonyl (C=O) groups is 1. The number of nitrogens with zero attached hydrogens (tertiary/aromatic N) is 4. The quantitative estimate of drug-likeness (QED) is 0.766. The van der Waals surface area contributed by atoms with Gasteiger partial charge in [0.25, 0.3) is 5.91 Å². The zero-order valence-corrected chi connectivity index (χ0v) is 14.1. The molecule has 0 aliphatic carbocycles. The topological polar surface area (TPSA) is 91.2 Å². The van der Waals surface area contributed by atoms with E-state index in [4.69, 9.17) is 9.47 Å². The summed E-state index contributed by atoms with van der Waals surface area (Å²) in [5.41, 5.74) is 2.73. The van der Waals surface area contributed by atoms with Gasteiger partial charge in [-0.3, -0.25) is 4.79 Å². The average molecular weight is 339 g/mol. The molecule has 0 saturated heterocycles. The van der Waals surface area contributed by atoms with Gasteiger partial charge in [-0.25, -0.2) is 4.68 Å². The van der Waals surface area contributed by atoms with E-state index in [1.807, 2.05) is 19.1 Å². The van der Waals surface area contributed by atoms with E-state index >= 15 is 0 Å². The Balaban J connectivity index is 1.80. The van der Waals surface area contributed by atoms with Gasteiger partial charge in [0, 0.05) is 16.8 Å². The van der Waals surface area contributed by atoms with Crippen LogP contribution in [-0.4, -0.2) is 40.3 Å². The fraction of sp³-hybridized carbons (Fsp3) is 0.176. The Morgan fingerprint density at radius 2 is 1.72 bits per heavy atom. The van der Waals surface area contributed by atoms with E-state index in [1.165, 1.54) is 11.0 Å². The summed E-state index contributed by atoms with van der Waals surface area (Å²) in [5.74, 6) is 0.934. The average Bonchev–Trinajstić information content (AvgIpc) is 3.17. The number of carbonyl (C=O) groups excluding carboxylic acids is 1. The molecule has 0 radical (unpaired) electrons. The Labute approximate surface area is 144 Å². The van der Waals surface area contributed by atoms with Crippen molar-refractivity contribution in [3.8, 4) is 17.2 Å². The van der Waals surface area contributed by atoms with E-state index in [1.54, 1.807) is 38.5 Å². The van der Waals surface area contributed by atoms with Gasteiger partial charge in [-0.05, 0) is 53.7 Å². The molecular weight excluding hydrogens is 322 g/mol. The summed E-state index contributed by atoms with van der Waals surface area (Å²) in [7, 11) is 3.11. The third-order valence-corrected chi connectivity index (χ3v) is 3.75. The maximum atomic E-state index is 12.5. The number of tetrazole rings is 1. The Hall–Kier alpha value is -3.42. The highest BCUT2D eigenvalue weighted by Crippen LogP contribution is 2.29. The molecule has 0 fully saturated rings. The van der Waals surface area contributed by atoms with Crippen molar-refractivity contribution < 1.29 is 14.3 Å². The van der Waals surface area contributed by atoms with Crippen LogP contribution in [0.2, 0.25) is 0 Å². The second-order valence-corrected chi connectivity index (χ2v) is 5.26. The lowest BCUT2D eigenvalue weighted by atomic mass is 10.1. The lowest BCUT2D eigenvalue weighted by molar-refractivity contribution is 0.102. The number of hydrogen-bond donors (Lipinski definition) is 1.